The molecule has 0 fully saturated rings. The minimum absolute atomic E-state index is 0.171. The highest BCUT2D eigenvalue weighted by atomic mass is 16.3. The number of fused-ring (bicyclic) bond motifs is 1. The normalized spacial score (nSPS) is 11.2. The summed E-state index contributed by atoms with van der Waals surface area (Å²) in [5.41, 5.74) is 2.65. The molecule has 3 aromatic heterocycles. The van der Waals surface area contributed by atoms with Crippen LogP contribution in [0.2, 0.25) is 0 Å². The van der Waals surface area contributed by atoms with E-state index in [1.807, 2.05) is 18.2 Å². The minimum atomic E-state index is 0.171. The van der Waals surface area contributed by atoms with Gasteiger partial charge in [-0.3, -0.25) is 0 Å². The molecule has 0 saturated carbocycles. The van der Waals surface area contributed by atoms with Crippen molar-refractivity contribution >= 4 is 16.9 Å². The molecule has 128 valence electrons. The van der Waals surface area contributed by atoms with Crippen LogP contribution in [0.4, 0.5) is 5.69 Å². The second kappa shape index (κ2) is 7.97. The number of anilines is 1. The standard InChI is InChI=1S/C18H24N4O2/c1-2-3-4-11-22-17(15-7-5-13-24-15)21-16-14(19-9-6-12-23)8-10-20-18(16)22/h5,7-8,10,13,23H,2-4,6,9,11-12H2,1H3,(H,19,20). The van der Waals surface area contributed by atoms with E-state index >= 15 is 0 Å². The van der Waals surface area contributed by atoms with Crippen molar-refractivity contribution in [2.45, 2.75) is 39.2 Å². The van der Waals surface area contributed by atoms with Gasteiger partial charge in [-0.05, 0) is 31.0 Å². The van der Waals surface area contributed by atoms with Gasteiger partial charge in [0.25, 0.3) is 0 Å². The summed E-state index contributed by atoms with van der Waals surface area (Å²) in [5.74, 6) is 1.57. The highest BCUT2D eigenvalue weighted by Crippen LogP contribution is 2.28. The summed E-state index contributed by atoms with van der Waals surface area (Å²) >= 11 is 0. The van der Waals surface area contributed by atoms with Gasteiger partial charge in [-0.25, -0.2) is 9.97 Å². The van der Waals surface area contributed by atoms with E-state index in [0.717, 1.165) is 41.4 Å². The van der Waals surface area contributed by atoms with E-state index in [2.05, 4.69) is 21.8 Å². The van der Waals surface area contributed by atoms with E-state index in [4.69, 9.17) is 14.5 Å². The number of pyridine rings is 1. The average molecular weight is 328 g/mol. The van der Waals surface area contributed by atoms with Crippen LogP contribution in [-0.2, 0) is 6.54 Å². The molecule has 24 heavy (non-hydrogen) atoms. The van der Waals surface area contributed by atoms with Crippen LogP contribution >= 0.6 is 0 Å². The predicted octanol–water partition coefficient (Wildman–Crippen LogP) is 3.68. The molecule has 0 saturated heterocycles. The average Bonchev–Trinajstić information content (AvgIpc) is 3.23. The molecule has 3 aromatic rings. The van der Waals surface area contributed by atoms with Gasteiger partial charge in [0, 0.05) is 25.9 Å². The Bertz CT molecular complexity index is 765. The third-order valence-corrected chi connectivity index (χ3v) is 4.01. The van der Waals surface area contributed by atoms with Gasteiger partial charge >= 0.3 is 0 Å². The van der Waals surface area contributed by atoms with Crippen molar-refractivity contribution in [1.82, 2.24) is 14.5 Å². The topological polar surface area (TPSA) is 76.1 Å². The van der Waals surface area contributed by atoms with Crippen LogP contribution in [0.1, 0.15) is 32.6 Å². The smallest absolute Gasteiger partial charge is 0.178 e. The van der Waals surface area contributed by atoms with Crippen molar-refractivity contribution in [1.29, 1.82) is 0 Å². The summed E-state index contributed by atoms with van der Waals surface area (Å²) in [6.07, 6.45) is 7.59. The van der Waals surface area contributed by atoms with Crippen molar-refractivity contribution in [3.8, 4) is 11.6 Å². The molecule has 2 N–H and O–H groups in total. The molecule has 0 unspecified atom stereocenters. The molecule has 3 rings (SSSR count). The minimum Gasteiger partial charge on any atom is -0.461 e. The largest absolute Gasteiger partial charge is 0.461 e. The van der Waals surface area contributed by atoms with E-state index in [-0.39, 0.29) is 6.61 Å². The quantitative estimate of drug-likeness (QED) is 0.586. The molecule has 0 bridgehead atoms. The Morgan fingerprint density at radius 1 is 1.25 bits per heavy atom. The van der Waals surface area contributed by atoms with E-state index < -0.39 is 0 Å². The van der Waals surface area contributed by atoms with E-state index in [0.29, 0.717) is 13.0 Å². The molecule has 0 aliphatic carbocycles. The lowest BCUT2D eigenvalue weighted by Crippen LogP contribution is -2.04. The number of hydrogen-bond donors (Lipinski definition) is 2. The van der Waals surface area contributed by atoms with Gasteiger partial charge in [-0.1, -0.05) is 19.8 Å². The molecular weight excluding hydrogens is 304 g/mol. The van der Waals surface area contributed by atoms with Crippen LogP contribution in [0.5, 0.6) is 0 Å². The van der Waals surface area contributed by atoms with Gasteiger partial charge in [0.15, 0.2) is 17.2 Å². The van der Waals surface area contributed by atoms with E-state index in [9.17, 15) is 0 Å². The second-order valence-electron chi connectivity index (χ2n) is 5.81. The Balaban J connectivity index is 2.00. The molecule has 6 nitrogen and oxygen atoms in total. The lowest BCUT2D eigenvalue weighted by Gasteiger charge is -2.08. The maximum absolute atomic E-state index is 8.97. The number of aryl methyl sites for hydroxylation is 1. The first-order valence-electron chi connectivity index (χ1n) is 8.59. The number of hydrogen-bond acceptors (Lipinski definition) is 5. The fourth-order valence-corrected chi connectivity index (χ4v) is 2.79. The molecule has 0 aromatic carbocycles. The lowest BCUT2D eigenvalue weighted by molar-refractivity contribution is 0.292. The highest BCUT2D eigenvalue weighted by Gasteiger charge is 2.17. The molecule has 0 atom stereocenters. The number of furan rings is 1. The third-order valence-electron chi connectivity index (χ3n) is 4.01. The Morgan fingerprint density at radius 3 is 2.92 bits per heavy atom. The number of nitrogens with one attached hydrogen (secondary N) is 1. The zero-order valence-corrected chi connectivity index (χ0v) is 14.0. The number of aromatic nitrogens is 3. The Morgan fingerprint density at radius 2 is 2.17 bits per heavy atom. The van der Waals surface area contributed by atoms with Crippen LogP contribution in [0.25, 0.3) is 22.7 Å². The van der Waals surface area contributed by atoms with Crippen molar-refractivity contribution in [2.75, 3.05) is 18.5 Å². The number of rotatable bonds is 9. The van der Waals surface area contributed by atoms with Gasteiger partial charge in [0.1, 0.15) is 5.52 Å². The van der Waals surface area contributed by atoms with Gasteiger partial charge in [-0.15, -0.1) is 0 Å². The Kier molecular flexibility index (Phi) is 5.48. The van der Waals surface area contributed by atoms with E-state index in [1.165, 1.54) is 12.8 Å². The van der Waals surface area contributed by atoms with Gasteiger partial charge < -0.3 is 19.4 Å². The number of imidazole rings is 1. The first kappa shape index (κ1) is 16.5. The van der Waals surface area contributed by atoms with Crippen molar-refractivity contribution in [2.24, 2.45) is 0 Å². The second-order valence-corrected chi connectivity index (χ2v) is 5.81. The Labute approximate surface area is 141 Å². The van der Waals surface area contributed by atoms with Crippen molar-refractivity contribution in [3.05, 3.63) is 30.7 Å². The summed E-state index contributed by atoms with van der Waals surface area (Å²) < 4.78 is 7.71. The lowest BCUT2D eigenvalue weighted by atomic mass is 10.2. The fraction of sp³-hybridized carbons (Fsp3) is 0.444. The van der Waals surface area contributed by atoms with Crippen LogP contribution < -0.4 is 5.32 Å². The summed E-state index contributed by atoms with van der Waals surface area (Å²) in [6.45, 7) is 3.94. The molecule has 0 aliphatic rings. The van der Waals surface area contributed by atoms with Crippen LogP contribution in [0.3, 0.4) is 0 Å². The predicted molar refractivity (Wildman–Crippen MR) is 94.9 cm³/mol. The maximum Gasteiger partial charge on any atom is 0.178 e. The van der Waals surface area contributed by atoms with Gasteiger partial charge in [-0.2, -0.15) is 0 Å². The first-order valence-corrected chi connectivity index (χ1v) is 8.59. The van der Waals surface area contributed by atoms with Crippen LogP contribution in [-0.4, -0.2) is 32.8 Å². The summed E-state index contributed by atoms with van der Waals surface area (Å²) in [5, 5.41) is 12.3. The third kappa shape index (κ3) is 3.43. The molecule has 6 heteroatoms. The monoisotopic (exact) mass is 328 g/mol. The van der Waals surface area contributed by atoms with Gasteiger partial charge in [0.05, 0.1) is 12.0 Å². The number of aliphatic hydroxyl groups is 1. The van der Waals surface area contributed by atoms with Crippen LogP contribution in [0, 0.1) is 0 Å². The van der Waals surface area contributed by atoms with Crippen LogP contribution in [0.15, 0.2) is 35.1 Å². The molecule has 0 spiro atoms. The highest BCUT2D eigenvalue weighted by molar-refractivity contribution is 5.88. The molecule has 0 amide bonds. The zero-order chi connectivity index (χ0) is 16.8. The molecule has 0 radical (unpaired) electrons. The number of aliphatic hydroxyl groups excluding tert-OH is 1. The first-order chi connectivity index (χ1) is 11.8. The number of unbranched alkanes of at least 4 members (excludes halogenated alkanes) is 2. The summed E-state index contributed by atoms with van der Waals surface area (Å²) in [7, 11) is 0. The van der Waals surface area contributed by atoms with Crippen molar-refractivity contribution in [3.63, 3.8) is 0 Å². The Hall–Kier alpha value is -2.34. The molecular formula is C18H24N4O2. The fourth-order valence-electron chi connectivity index (χ4n) is 2.79. The van der Waals surface area contributed by atoms with E-state index in [1.54, 1.807) is 12.5 Å². The zero-order valence-electron chi connectivity index (χ0n) is 14.0. The van der Waals surface area contributed by atoms with Gasteiger partial charge in [0.2, 0.25) is 0 Å². The molecule has 3 heterocycles. The maximum atomic E-state index is 8.97. The molecule has 0 aliphatic heterocycles. The number of nitrogens with zero attached hydrogens (tertiary/aromatic N) is 3. The summed E-state index contributed by atoms with van der Waals surface area (Å²) in [6, 6.07) is 5.73. The summed E-state index contributed by atoms with van der Waals surface area (Å²) in [4.78, 5) is 9.34. The van der Waals surface area contributed by atoms with Crippen molar-refractivity contribution < 1.29 is 9.52 Å². The SMILES string of the molecule is CCCCCn1c(-c2ccco2)nc2c(NCCCO)ccnc21.